The van der Waals surface area contributed by atoms with Gasteiger partial charge < -0.3 is 5.73 Å². The summed E-state index contributed by atoms with van der Waals surface area (Å²) in [5.41, 5.74) is 6.88. The first-order valence-corrected chi connectivity index (χ1v) is 6.99. The minimum atomic E-state index is -4.12. The quantitative estimate of drug-likeness (QED) is 0.927. The van der Waals surface area contributed by atoms with Crippen molar-refractivity contribution < 1.29 is 13.2 Å². The number of benzene rings is 1. The number of hydrogen-bond acceptors (Lipinski definition) is 2. The third kappa shape index (κ3) is 4.96. The van der Waals surface area contributed by atoms with Crippen LogP contribution in [0.1, 0.15) is 18.4 Å². The van der Waals surface area contributed by atoms with E-state index in [1.165, 1.54) is 0 Å². The van der Waals surface area contributed by atoms with Gasteiger partial charge in [-0.15, -0.1) is 0 Å². The summed E-state index contributed by atoms with van der Waals surface area (Å²) in [6.45, 7) is 1.64. The minimum Gasteiger partial charge on any atom is -0.327 e. The molecule has 1 aromatic carbocycles. The summed E-state index contributed by atoms with van der Waals surface area (Å²) in [7, 11) is 0. The normalized spacial score (nSPS) is 24.9. The van der Waals surface area contributed by atoms with Gasteiger partial charge in [-0.1, -0.05) is 23.7 Å². The average Bonchev–Trinajstić information content (AvgIpc) is 2.25. The van der Waals surface area contributed by atoms with Gasteiger partial charge in [-0.05, 0) is 30.0 Å². The van der Waals surface area contributed by atoms with Crippen LogP contribution in [0.25, 0.3) is 0 Å². The molecule has 0 bridgehead atoms. The second-order valence-corrected chi connectivity index (χ2v) is 5.94. The fourth-order valence-electron chi connectivity index (χ4n) is 2.85. The molecule has 1 aliphatic rings. The van der Waals surface area contributed by atoms with Gasteiger partial charge in [0.15, 0.2) is 0 Å². The second-order valence-electron chi connectivity index (χ2n) is 5.51. The number of hydrogen-bond donors (Lipinski definition) is 1. The summed E-state index contributed by atoms with van der Waals surface area (Å²) in [6, 6.07) is 7.18. The van der Waals surface area contributed by atoms with Crippen molar-refractivity contribution in [2.75, 3.05) is 13.1 Å². The topological polar surface area (TPSA) is 29.3 Å². The maximum atomic E-state index is 12.5. The van der Waals surface area contributed by atoms with Crippen molar-refractivity contribution in [2.45, 2.75) is 31.6 Å². The second kappa shape index (κ2) is 6.33. The van der Waals surface area contributed by atoms with E-state index in [4.69, 9.17) is 17.3 Å². The van der Waals surface area contributed by atoms with Crippen LogP contribution in [0.3, 0.4) is 0 Å². The number of alkyl halides is 3. The zero-order valence-electron chi connectivity index (χ0n) is 11.0. The minimum absolute atomic E-state index is 0.199. The highest BCUT2D eigenvalue weighted by Gasteiger charge is 2.35. The van der Waals surface area contributed by atoms with Gasteiger partial charge in [-0.2, -0.15) is 13.2 Å². The van der Waals surface area contributed by atoms with Crippen molar-refractivity contribution in [2.24, 2.45) is 11.7 Å². The Bertz CT molecular complexity index is 450. The fourth-order valence-corrected chi connectivity index (χ4v) is 3.06. The van der Waals surface area contributed by atoms with Gasteiger partial charge >= 0.3 is 6.18 Å². The van der Waals surface area contributed by atoms with E-state index < -0.39 is 18.5 Å². The Balaban J connectivity index is 1.97. The highest BCUT2D eigenvalue weighted by molar-refractivity contribution is 6.30. The molecule has 0 aromatic heterocycles. The van der Waals surface area contributed by atoms with Crippen LogP contribution in [0.15, 0.2) is 24.3 Å². The molecule has 0 amide bonds. The molecule has 0 aliphatic carbocycles. The maximum absolute atomic E-state index is 12.5. The Morgan fingerprint density at radius 1 is 1.30 bits per heavy atom. The van der Waals surface area contributed by atoms with Gasteiger partial charge in [-0.3, -0.25) is 4.90 Å². The molecule has 0 radical (unpaired) electrons. The molecule has 1 aromatic rings. The van der Waals surface area contributed by atoms with E-state index in [2.05, 4.69) is 0 Å². The Morgan fingerprint density at radius 2 is 2.05 bits per heavy atom. The molecule has 1 saturated heterocycles. The van der Waals surface area contributed by atoms with Crippen molar-refractivity contribution in [1.82, 2.24) is 4.90 Å². The SMILES string of the molecule is NC1CC(CC(F)(F)F)CN(Cc2cccc(Cl)c2)C1. The van der Waals surface area contributed by atoms with Crippen LogP contribution in [-0.2, 0) is 6.54 Å². The third-order valence-corrected chi connectivity index (χ3v) is 3.70. The molecule has 2 N–H and O–H groups in total. The monoisotopic (exact) mass is 306 g/mol. The summed E-state index contributed by atoms with van der Waals surface area (Å²) in [5.74, 6) is -0.419. The first-order chi connectivity index (χ1) is 9.32. The van der Waals surface area contributed by atoms with Crippen molar-refractivity contribution in [3.8, 4) is 0 Å². The molecule has 6 heteroatoms. The smallest absolute Gasteiger partial charge is 0.327 e. The highest BCUT2D eigenvalue weighted by atomic mass is 35.5. The molecule has 20 heavy (non-hydrogen) atoms. The van der Waals surface area contributed by atoms with Crippen molar-refractivity contribution in [1.29, 1.82) is 0 Å². The maximum Gasteiger partial charge on any atom is 0.389 e. The van der Waals surface area contributed by atoms with Gasteiger partial charge in [0.1, 0.15) is 0 Å². The lowest BCUT2D eigenvalue weighted by atomic mass is 9.91. The highest BCUT2D eigenvalue weighted by Crippen LogP contribution is 2.30. The summed E-state index contributed by atoms with van der Waals surface area (Å²) in [4.78, 5) is 1.98. The van der Waals surface area contributed by atoms with E-state index in [0.29, 0.717) is 31.1 Å². The van der Waals surface area contributed by atoms with Gasteiger partial charge in [0.25, 0.3) is 0 Å². The van der Waals surface area contributed by atoms with E-state index in [-0.39, 0.29) is 6.04 Å². The van der Waals surface area contributed by atoms with Gasteiger partial charge in [-0.25, -0.2) is 0 Å². The third-order valence-electron chi connectivity index (χ3n) is 3.46. The summed E-state index contributed by atoms with van der Waals surface area (Å²) in [6.07, 6.45) is -4.44. The summed E-state index contributed by atoms with van der Waals surface area (Å²) >= 11 is 5.92. The predicted octanol–water partition coefficient (Wildman–Crippen LogP) is 3.44. The molecule has 1 fully saturated rings. The van der Waals surface area contributed by atoms with Crippen LogP contribution in [-0.4, -0.2) is 30.2 Å². The van der Waals surface area contributed by atoms with Crippen molar-refractivity contribution in [3.05, 3.63) is 34.9 Å². The molecular weight excluding hydrogens is 289 g/mol. The summed E-state index contributed by atoms with van der Waals surface area (Å²) < 4.78 is 37.5. The van der Waals surface area contributed by atoms with Crippen LogP contribution in [0.5, 0.6) is 0 Å². The largest absolute Gasteiger partial charge is 0.389 e. The van der Waals surface area contributed by atoms with Crippen molar-refractivity contribution >= 4 is 11.6 Å². The molecule has 2 unspecified atom stereocenters. The summed E-state index contributed by atoms with van der Waals surface area (Å²) in [5, 5.41) is 0.635. The fraction of sp³-hybridized carbons (Fsp3) is 0.571. The Morgan fingerprint density at radius 3 is 2.70 bits per heavy atom. The molecule has 1 heterocycles. The van der Waals surface area contributed by atoms with E-state index in [9.17, 15) is 13.2 Å². The first-order valence-electron chi connectivity index (χ1n) is 6.61. The number of nitrogens with zero attached hydrogens (tertiary/aromatic N) is 1. The van der Waals surface area contributed by atoms with Gasteiger partial charge in [0, 0.05) is 37.1 Å². The molecule has 0 saturated carbocycles. The molecule has 1 aliphatic heterocycles. The molecular formula is C14H18ClF3N2. The van der Waals surface area contributed by atoms with E-state index in [1.807, 2.05) is 23.1 Å². The molecule has 2 rings (SSSR count). The van der Waals surface area contributed by atoms with Crippen LogP contribution >= 0.6 is 11.6 Å². The van der Waals surface area contributed by atoms with Gasteiger partial charge in [0.2, 0.25) is 0 Å². The molecule has 2 atom stereocenters. The average molecular weight is 307 g/mol. The Labute approximate surface area is 121 Å². The number of likely N-dealkylation sites (tertiary alicyclic amines) is 1. The first kappa shape index (κ1) is 15.6. The molecule has 2 nitrogen and oxygen atoms in total. The Kier molecular flexibility index (Phi) is 4.94. The van der Waals surface area contributed by atoms with Crippen LogP contribution in [0, 0.1) is 5.92 Å². The number of rotatable bonds is 3. The van der Waals surface area contributed by atoms with E-state index >= 15 is 0 Å². The lowest BCUT2D eigenvalue weighted by Crippen LogP contribution is -2.47. The van der Waals surface area contributed by atoms with Crippen LogP contribution in [0.2, 0.25) is 5.02 Å². The van der Waals surface area contributed by atoms with E-state index in [1.54, 1.807) is 6.07 Å². The lowest BCUT2D eigenvalue weighted by molar-refractivity contribution is -0.148. The lowest BCUT2D eigenvalue weighted by Gasteiger charge is -2.36. The van der Waals surface area contributed by atoms with Crippen LogP contribution in [0.4, 0.5) is 13.2 Å². The molecule has 0 spiro atoms. The zero-order chi connectivity index (χ0) is 14.8. The van der Waals surface area contributed by atoms with Gasteiger partial charge in [0.05, 0.1) is 0 Å². The van der Waals surface area contributed by atoms with Crippen LogP contribution < -0.4 is 5.73 Å². The number of halogens is 4. The number of piperidine rings is 1. The van der Waals surface area contributed by atoms with Crippen molar-refractivity contribution in [3.63, 3.8) is 0 Å². The standard InChI is InChI=1S/C14H18ClF3N2/c15-12-3-1-2-10(4-12)7-20-8-11(5-13(19)9-20)6-14(16,17)18/h1-4,11,13H,5-9,19H2. The van der Waals surface area contributed by atoms with E-state index in [0.717, 1.165) is 5.56 Å². The Hall–Kier alpha value is -0.780. The predicted molar refractivity (Wildman–Crippen MR) is 73.5 cm³/mol. The number of nitrogens with two attached hydrogens (primary N) is 1. The zero-order valence-corrected chi connectivity index (χ0v) is 11.8. The molecule has 112 valence electrons.